The molecule has 49 heavy (non-hydrogen) atoms. The number of carbonyl (C=O) groups is 3. The Bertz CT molecular complexity index is 1770. The Kier molecular flexibility index (Phi) is 11.0. The Morgan fingerprint density at radius 3 is 2.06 bits per heavy atom. The predicted octanol–water partition coefficient (Wildman–Crippen LogP) is 6.62. The van der Waals surface area contributed by atoms with Gasteiger partial charge in [0.05, 0.1) is 25.5 Å². The molecule has 0 saturated heterocycles. The fraction of sp³-hybridized carbons (Fsp3) is 0.486. The molecule has 0 saturated carbocycles. The highest BCUT2D eigenvalue weighted by molar-refractivity contribution is 6.12. The van der Waals surface area contributed by atoms with Crippen LogP contribution in [0.5, 0.6) is 5.75 Å². The van der Waals surface area contributed by atoms with Crippen LogP contribution >= 0.6 is 0 Å². The van der Waals surface area contributed by atoms with E-state index in [1.165, 1.54) is 13.4 Å². The number of hydrogen-bond acceptors (Lipinski definition) is 11. The lowest BCUT2D eigenvalue weighted by molar-refractivity contribution is 0.0418. The molecule has 0 bridgehead atoms. The Morgan fingerprint density at radius 1 is 0.816 bits per heavy atom. The molecular weight excluding hydrogens is 632 g/mol. The van der Waals surface area contributed by atoms with Crippen LogP contribution in [0, 0.1) is 0 Å². The number of imide groups is 1. The lowest BCUT2D eigenvalue weighted by atomic mass is 10.0. The van der Waals surface area contributed by atoms with E-state index in [1.807, 2.05) is 36.4 Å². The normalized spacial score (nSPS) is 12.8. The van der Waals surface area contributed by atoms with Crippen LogP contribution < -0.4 is 15.0 Å². The van der Waals surface area contributed by atoms with Crippen molar-refractivity contribution in [3.63, 3.8) is 0 Å². The number of fused-ring (bicyclic) bond motifs is 2. The lowest BCUT2D eigenvalue weighted by Crippen LogP contribution is -2.44. The highest BCUT2D eigenvalue weighted by atomic mass is 16.6. The summed E-state index contributed by atoms with van der Waals surface area (Å²) in [4.78, 5) is 53.2. The van der Waals surface area contributed by atoms with Gasteiger partial charge in [-0.3, -0.25) is 0 Å². The van der Waals surface area contributed by atoms with Crippen LogP contribution in [0.15, 0.2) is 49.1 Å². The molecule has 0 radical (unpaired) electrons. The number of nitrogens with one attached hydrogen (secondary N) is 1. The summed E-state index contributed by atoms with van der Waals surface area (Å²) in [7, 11) is 1.54. The average Bonchev–Trinajstić information content (AvgIpc) is 3.37. The first-order chi connectivity index (χ1) is 22.8. The lowest BCUT2D eigenvalue weighted by Gasteiger charge is -2.28. The van der Waals surface area contributed by atoms with E-state index in [4.69, 9.17) is 23.7 Å². The molecule has 14 nitrogen and oxygen atoms in total. The second-order valence-corrected chi connectivity index (χ2v) is 14.4. The molecule has 0 fully saturated rings. The first kappa shape index (κ1) is 36.8. The van der Waals surface area contributed by atoms with Gasteiger partial charge in [-0.05, 0) is 79.2 Å². The number of imidazole rings is 1. The zero-order valence-corrected chi connectivity index (χ0v) is 29.8. The summed E-state index contributed by atoms with van der Waals surface area (Å²) in [5.41, 5.74) is -1.13. The van der Waals surface area contributed by atoms with Crippen molar-refractivity contribution >= 4 is 46.0 Å². The summed E-state index contributed by atoms with van der Waals surface area (Å²) in [5, 5.41) is 4.71. The maximum absolute atomic E-state index is 13.4. The van der Waals surface area contributed by atoms with Crippen molar-refractivity contribution in [2.75, 3.05) is 25.2 Å². The number of anilines is 1. The van der Waals surface area contributed by atoms with Crippen LogP contribution in [-0.2, 0) is 25.5 Å². The van der Waals surface area contributed by atoms with Crippen molar-refractivity contribution < 1.29 is 38.1 Å². The third-order valence-corrected chi connectivity index (χ3v) is 6.60. The van der Waals surface area contributed by atoms with Gasteiger partial charge in [0.25, 0.3) is 0 Å². The summed E-state index contributed by atoms with van der Waals surface area (Å²) < 4.78 is 29.9. The minimum Gasteiger partial charge on any atom is -0.491 e. The highest BCUT2D eigenvalue weighted by Crippen LogP contribution is 2.31. The third kappa shape index (κ3) is 10.0. The molecule has 4 rings (SSSR count). The molecule has 264 valence electrons. The van der Waals surface area contributed by atoms with Gasteiger partial charge in [0, 0.05) is 12.7 Å². The van der Waals surface area contributed by atoms with E-state index in [0.717, 1.165) is 21.2 Å². The number of methoxy groups -OCH3 is 1. The molecule has 14 heteroatoms. The molecule has 0 spiro atoms. The molecule has 0 aliphatic rings. The second kappa shape index (κ2) is 14.6. The summed E-state index contributed by atoms with van der Waals surface area (Å²) in [5.74, 6) is 0.475. The summed E-state index contributed by atoms with van der Waals surface area (Å²) in [6.07, 6.45) is 0.284. The largest absolute Gasteiger partial charge is 0.491 e. The molecule has 3 amide bonds. The Balaban J connectivity index is 1.72. The molecule has 0 aliphatic carbocycles. The molecule has 2 aromatic carbocycles. The van der Waals surface area contributed by atoms with Crippen molar-refractivity contribution in [2.24, 2.45) is 0 Å². The van der Waals surface area contributed by atoms with Crippen molar-refractivity contribution in [3.05, 3.63) is 54.6 Å². The van der Waals surface area contributed by atoms with Gasteiger partial charge in [-0.25, -0.2) is 29.3 Å². The molecule has 4 aromatic rings. The zero-order valence-electron chi connectivity index (χ0n) is 29.8. The number of amides is 3. The zero-order chi connectivity index (χ0) is 36.1. The van der Waals surface area contributed by atoms with E-state index in [9.17, 15) is 14.4 Å². The molecule has 0 aliphatic heterocycles. The van der Waals surface area contributed by atoms with Crippen molar-refractivity contribution in [1.82, 2.24) is 24.8 Å². The van der Waals surface area contributed by atoms with Gasteiger partial charge < -0.3 is 33.6 Å². The number of alkyl carbamates (subject to hydrolysis) is 1. The van der Waals surface area contributed by atoms with Crippen LogP contribution in [0.4, 0.5) is 20.2 Å². The number of aromatic nitrogens is 4. The first-order valence-corrected chi connectivity index (χ1v) is 15.9. The van der Waals surface area contributed by atoms with E-state index < -0.39 is 41.1 Å². The maximum atomic E-state index is 13.4. The minimum absolute atomic E-state index is 0.0859. The smallest absolute Gasteiger partial charge is 0.425 e. The molecule has 1 N–H and O–H groups in total. The van der Waals surface area contributed by atoms with Gasteiger partial charge in [-0.2, -0.15) is 4.90 Å². The fourth-order valence-electron chi connectivity index (χ4n) is 4.79. The standard InChI is InChI=1S/C35H46N6O8/c1-33(2,3)47-30(42)39-23(18-45-10)19-46-26-16-15-22-13-11-12-14-24(22)25(26)17-40-21-38-27-28(40)36-20-37-29(27)41(31(43)48-34(4,5)6)32(44)49-35(7,8)9/h11-16,20-21,23H,17-19H2,1-10H3,(H,39,42). The Labute approximate surface area is 286 Å². The Morgan fingerprint density at radius 2 is 1.45 bits per heavy atom. The van der Waals surface area contributed by atoms with E-state index in [1.54, 1.807) is 73.2 Å². The first-order valence-electron chi connectivity index (χ1n) is 15.9. The SMILES string of the molecule is COCC(COc1ccc2ccccc2c1Cn1cnc2c(N(C(=O)OC(C)(C)C)C(=O)OC(C)(C)C)ncnc21)NC(=O)OC(C)(C)C. The highest BCUT2D eigenvalue weighted by Gasteiger charge is 2.35. The number of hydrogen-bond donors (Lipinski definition) is 1. The van der Waals surface area contributed by atoms with Crippen molar-refractivity contribution in [3.8, 4) is 5.75 Å². The molecular formula is C35H46N6O8. The predicted molar refractivity (Wildman–Crippen MR) is 184 cm³/mol. The summed E-state index contributed by atoms with van der Waals surface area (Å²) >= 11 is 0. The van der Waals surface area contributed by atoms with E-state index in [0.29, 0.717) is 11.4 Å². The Hall–Kier alpha value is -4.98. The summed E-state index contributed by atoms with van der Waals surface area (Å²) in [6.45, 7) is 16.0. The van der Waals surface area contributed by atoms with Gasteiger partial charge in [0.2, 0.25) is 0 Å². The quantitative estimate of drug-likeness (QED) is 0.190. The van der Waals surface area contributed by atoms with Gasteiger partial charge in [-0.15, -0.1) is 0 Å². The fourth-order valence-corrected chi connectivity index (χ4v) is 4.79. The molecule has 1 atom stereocenters. The van der Waals surface area contributed by atoms with Gasteiger partial charge in [-0.1, -0.05) is 30.3 Å². The monoisotopic (exact) mass is 678 g/mol. The topological polar surface area (TPSA) is 156 Å². The number of nitrogens with zero attached hydrogens (tertiary/aromatic N) is 5. The third-order valence-electron chi connectivity index (χ3n) is 6.60. The molecule has 2 heterocycles. The maximum Gasteiger partial charge on any atom is 0.425 e. The average molecular weight is 679 g/mol. The number of rotatable bonds is 9. The van der Waals surface area contributed by atoms with E-state index in [-0.39, 0.29) is 31.1 Å². The van der Waals surface area contributed by atoms with Crippen LogP contribution in [0.3, 0.4) is 0 Å². The van der Waals surface area contributed by atoms with Crippen molar-refractivity contribution in [2.45, 2.75) is 91.7 Å². The number of ether oxygens (including phenoxy) is 5. The minimum atomic E-state index is -0.966. The van der Waals surface area contributed by atoms with E-state index >= 15 is 0 Å². The van der Waals surface area contributed by atoms with Crippen LogP contribution in [0.1, 0.15) is 67.9 Å². The van der Waals surface area contributed by atoms with E-state index in [2.05, 4.69) is 20.3 Å². The molecule has 1 unspecified atom stereocenters. The molecule has 2 aromatic heterocycles. The number of carbonyl (C=O) groups excluding carboxylic acids is 3. The van der Waals surface area contributed by atoms with Gasteiger partial charge >= 0.3 is 18.3 Å². The second-order valence-electron chi connectivity index (χ2n) is 14.4. The van der Waals surface area contributed by atoms with Gasteiger partial charge in [0.1, 0.15) is 35.5 Å². The van der Waals surface area contributed by atoms with Crippen LogP contribution in [0.25, 0.3) is 21.9 Å². The summed E-state index contributed by atoms with van der Waals surface area (Å²) in [6, 6.07) is 11.2. The van der Waals surface area contributed by atoms with Crippen LogP contribution in [0.2, 0.25) is 0 Å². The number of benzene rings is 2. The van der Waals surface area contributed by atoms with Crippen LogP contribution in [-0.4, -0.2) is 81.0 Å². The van der Waals surface area contributed by atoms with Crippen molar-refractivity contribution in [1.29, 1.82) is 0 Å². The van der Waals surface area contributed by atoms with Gasteiger partial charge in [0.15, 0.2) is 17.0 Å².